The molecule has 1 aromatic heterocycles. The molecule has 100 valence electrons. The third-order valence-electron chi connectivity index (χ3n) is 3.46. The van der Waals surface area contributed by atoms with E-state index < -0.39 is 0 Å². The number of aromatic nitrogens is 1. The van der Waals surface area contributed by atoms with Crippen molar-refractivity contribution >= 4 is 23.1 Å². The molecule has 4 heteroatoms. The Morgan fingerprint density at radius 2 is 1.89 bits per heavy atom. The van der Waals surface area contributed by atoms with Crippen LogP contribution in [0.3, 0.4) is 0 Å². The number of carbonyl (C=O) groups excluding carboxylic acids is 1. The predicted octanol–water partition coefficient (Wildman–Crippen LogP) is 3.49. The van der Waals surface area contributed by atoms with Crippen LogP contribution >= 0.6 is 11.3 Å². The number of hydrogen-bond acceptors (Lipinski definition) is 3. The normalized spacial score (nSPS) is 21.1. The average Bonchev–Trinajstić information content (AvgIpc) is 2.59. The van der Waals surface area contributed by atoms with Crippen molar-refractivity contribution in [1.29, 1.82) is 0 Å². The first-order valence-corrected chi connectivity index (χ1v) is 7.27. The maximum Gasteiger partial charge on any atom is 0.232 e. The lowest BCUT2D eigenvalue weighted by Gasteiger charge is -2.43. The van der Waals surface area contributed by atoms with Gasteiger partial charge in [-0.05, 0) is 32.6 Å². The van der Waals surface area contributed by atoms with Gasteiger partial charge in [-0.1, -0.05) is 20.8 Å². The van der Waals surface area contributed by atoms with Crippen molar-refractivity contribution in [2.24, 2.45) is 11.3 Å². The van der Waals surface area contributed by atoms with E-state index >= 15 is 0 Å². The molecule has 0 aliphatic carbocycles. The number of carbonyl (C=O) groups is 1. The molecule has 1 amide bonds. The summed E-state index contributed by atoms with van der Waals surface area (Å²) in [5, 5.41) is 0. The number of hydrogen-bond donors (Lipinski definition) is 0. The summed E-state index contributed by atoms with van der Waals surface area (Å²) < 4.78 is 0. The third kappa shape index (κ3) is 2.18. The minimum Gasteiger partial charge on any atom is -0.290 e. The summed E-state index contributed by atoms with van der Waals surface area (Å²) in [7, 11) is 0. The van der Waals surface area contributed by atoms with Gasteiger partial charge in [-0.2, -0.15) is 0 Å². The highest BCUT2D eigenvalue weighted by atomic mass is 32.1. The Balaban J connectivity index is 2.51. The van der Waals surface area contributed by atoms with Gasteiger partial charge < -0.3 is 0 Å². The highest BCUT2D eigenvalue weighted by molar-refractivity contribution is 7.10. The van der Waals surface area contributed by atoms with E-state index in [0.29, 0.717) is 0 Å². The predicted molar refractivity (Wildman–Crippen MR) is 76.0 cm³/mol. The van der Waals surface area contributed by atoms with Crippen LogP contribution in [0, 0.1) is 11.3 Å². The first kappa shape index (κ1) is 13.5. The largest absolute Gasteiger partial charge is 0.290 e. The van der Waals surface area contributed by atoms with Gasteiger partial charge in [-0.15, -0.1) is 11.3 Å². The second-order valence-electron chi connectivity index (χ2n) is 7.07. The van der Waals surface area contributed by atoms with Crippen molar-refractivity contribution < 1.29 is 4.79 Å². The average molecular weight is 266 g/mol. The van der Waals surface area contributed by atoms with Crippen LogP contribution in [0.1, 0.15) is 46.4 Å². The van der Waals surface area contributed by atoms with Crippen LogP contribution in [0.25, 0.3) is 0 Å². The van der Waals surface area contributed by atoms with E-state index in [1.807, 2.05) is 10.4 Å². The second-order valence-corrected chi connectivity index (χ2v) is 8.01. The zero-order valence-corrected chi connectivity index (χ0v) is 12.9. The zero-order valence-electron chi connectivity index (χ0n) is 12.1. The molecule has 0 N–H and O–H groups in total. The van der Waals surface area contributed by atoms with Gasteiger partial charge in [-0.25, -0.2) is 4.98 Å². The molecule has 0 saturated carbocycles. The van der Waals surface area contributed by atoms with E-state index in [4.69, 9.17) is 0 Å². The summed E-state index contributed by atoms with van der Waals surface area (Å²) in [6, 6.07) is 0. The Labute approximate surface area is 113 Å². The van der Waals surface area contributed by atoms with Crippen molar-refractivity contribution in [2.75, 3.05) is 4.90 Å². The van der Waals surface area contributed by atoms with Crippen molar-refractivity contribution in [1.82, 2.24) is 4.98 Å². The number of anilines is 1. The Bertz CT molecular complexity index is 465. The lowest BCUT2D eigenvalue weighted by molar-refractivity contribution is -0.127. The lowest BCUT2D eigenvalue weighted by atomic mass is 9.75. The minimum atomic E-state index is -0.218. The molecule has 3 nitrogen and oxygen atoms in total. The van der Waals surface area contributed by atoms with E-state index in [1.54, 1.807) is 11.3 Å². The van der Waals surface area contributed by atoms with E-state index in [-0.39, 0.29) is 22.8 Å². The van der Waals surface area contributed by atoms with Crippen LogP contribution in [-0.2, 0) is 11.2 Å². The van der Waals surface area contributed by atoms with Gasteiger partial charge in [0, 0.05) is 16.3 Å². The van der Waals surface area contributed by atoms with Gasteiger partial charge in [0.15, 0.2) is 0 Å². The standard InChI is InChI=1S/C14H22N2OS/c1-13(2,3)9-7-10-11(15-8-18-10)16(12(9)17)14(4,5)6/h8-9H,7H2,1-6H3. The molecule has 0 fully saturated rings. The van der Waals surface area contributed by atoms with Crippen LogP contribution in [0.2, 0.25) is 0 Å². The van der Waals surface area contributed by atoms with Gasteiger partial charge >= 0.3 is 0 Å². The molecule has 1 aliphatic rings. The highest BCUT2D eigenvalue weighted by Crippen LogP contribution is 2.42. The number of amides is 1. The first-order valence-electron chi connectivity index (χ1n) is 6.39. The molecule has 1 unspecified atom stereocenters. The number of rotatable bonds is 0. The molecule has 1 atom stereocenters. The van der Waals surface area contributed by atoms with Crippen molar-refractivity contribution in [2.45, 2.75) is 53.5 Å². The summed E-state index contributed by atoms with van der Waals surface area (Å²) in [4.78, 5) is 20.3. The molecule has 1 aromatic rings. The van der Waals surface area contributed by atoms with E-state index in [0.717, 1.165) is 12.2 Å². The van der Waals surface area contributed by atoms with Crippen LogP contribution in [-0.4, -0.2) is 16.4 Å². The number of fused-ring (bicyclic) bond motifs is 1. The summed E-state index contributed by atoms with van der Waals surface area (Å²) in [5.74, 6) is 1.14. The van der Waals surface area contributed by atoms with Gasteiger partial charge in [0.25, 0.3) is 0 Å². The fourth-order valence-electron chi connectivity index (χ4n) is 2.44. The summed E-state index contributed by atoms with van der Waals surface area (Å²) >= 11 is 1.66. The maximum absolute atomic E-state index is 12.8. The van der Waals surface area contributed by atoms with Gasteiger partial charge in [0.05, 0.1) is 5.51 Å². The molecule has 0 bridgehead atoms. The van der Waals surface area contributed by atoms with Gasteiger partial charge in [0.2, 0.25) is 5.91 Å². The van der Waals surface area contributed by atoms with Crippen molar-refractivity contribution in [3.63, 3.8) is 0 Å². The Kier molecular flexibility index (Phi) is 3.05. The second kappa shape index (κ2) is 4.05. The SMILES string of the molecule is CC(C)(C)C1Cc2scnc2N(C(C)(C)C)C1=O. The molecule has 2 heterocycles. The monoisotopic (exact) mass is 266 g/mol. The molecule has 18 heavy (non-hydrogen) atoms. The number of nitrogens with zero attached hydrogens (tertiary/aromatic N) is 2. The van der Waals surface area contributed by atoms with Crippen LogP contribution in [0.15, 0.2) is 5.51 Å². The zero-order chi connectivity index (χ0) is 13.7. The van der Waals surface area contributed by atoms with Gasteiger partial charge in [-0.3, -0.25) is 9.69 Å². The topological polar surface area (TPSA) is 33.2 Å². The molecular weight excluding hydrogens is 244 g/mol. The van der Waals surface area contributed by atoms with E-state index in [9.17, 15) is 4.79 Å². The molecule has 0 radical (unpaired) electrons. The van der Waals surface area contributed by atoms with E-state index in [1.165, 1.54) is 4.88 Å². The Hall–Kier alpha value is -0.900. The third-order valence-corrected chi connectivity index (χ3v) is 4.30. The van der Waals surface area contributed by atoms with Crippen molar-refractivity contribution in [3.05, 3.63) is 10.4 Å². The minimum absolute atomic E-state index is 0.0116. The molecular formula is C14H22N2OS. The molecule has 2 rings (SSSR count). The van der Waals surface area contributed by atoms with Crippen LogP contribution < -0.4 is 4.90 Å². The quantitative estimate of drug-likeness (QED) is 0.720. The van der Waals surface area contributed by atoms with E-state index in [2.05, 4.69) is 46.5 Å². The smallest absolute Gasteiger partial charge is 0.232 e. The lowest BCUT2D eigenvalue weighted by Crippen LogP contribution is -2.54. The molecule has 1 aliphatic heterocycles. The van der Waals surface area contributed by atoms with Gasteiger partial charge in [0.1, 0.15) is 5.82 Å². The Morgan fingerprint density at radius 3 is 2.39 bits per heavy atom. The summed E-state index contributed by atoms with van der Waals surface area (Å²) in [6.45, 7) is 12.6. The summed E-state index contributed by atoms with van der Waals surface area (Å²) in [5.41, 5.74) is 1.62. The summed E-state index contributed by atoms with van der Waals surface area (Å²) in [6.07, 6.45) is 0.828. The molecule has 0 saturated heterocycles. The first-order chi connectivity index (χ1) is 8.12. The fraction of sp³-hybridized carbons (Fsp3) is 0.714. The number of thiazole rings is 1. The Morgan fingerprint density at radius 1 is 1.28 bits per heavy atom. The maximum atomic E-state index is 12.8. The van der Waals surface area contributed by atoms with Crippen LogP contribution in [0.5, 0.6) is 0 Å². The van der Waals surface area contributed by atoms with Crippen molar-refractivity contribution in [3.8, 4) is 0 Å². The molecule has 0 aromatic carbocycles. The fourth-order valence-corrected chi connectivity index (χ4v) is 3.24. The van der Waals surface area contributed by atoms with Crippen LogP contribution in [0.4, 0.5) is 5.82 Å². The highest BCUT2D eigenvalue weighted by Gasteiger charge is 2.44. The molecule has 0 spiro atoms.